The second-order valence-electron chi connectivity index (χ2n) is 5.49. The predicted molar refractivity (Wildman–Crippen MR) is 114 cm³/mol. The molecule has 0 aliphatic heterocycles. The van der Waals surface area contributed by atoms with Crippen LogP contribution < -0.4 is 9.54 Å². The number of halogens is 1. The maximum absolute atomic E-state index is 10.1. The van der Waals surface area contributed by atoms with Crippen molar-refractivity contribution in [2.75, 3.05) is 13.7 Å². The summed E-state index contributed by atoms with van der Waals surface area (Å²) in [6.45, 7) is 4.21. The molecule has 0 aliphatic carbocycles. The molecule has 0 atom stereocenters. The molecule has 138 valence electrons. The highest BCUT2D eigenvalue weighted by atomic mass is 79.9. The monoisotopic (exact) mass is 443 g/mol. The summed E-state index contributed by atoms with van der Waals surface area (Å²) in [5.74, 6) is 0.773. The van der Waals surface area contributed by atoms with E-state index in [1.165, 1.54) is 11.3 Å². The highest BCUT2D eigenvalue weighted by molar-refractivity contribution is 9.10. The number of thiazole rings is 1. The van der Waals surface area contributed by atoms with Crippen molar-refractivity contribution in [3.05, 3.63) is 75.3 Å². The third-order valence-electron chi connectivity index (χ3n) is 3.74. The summed E-state index contributed by atoms with van der Waals surface area (Å²) in [5.41, 5.74) is 2.45. The Labute approximate surface area is 169 Å². The molecule has 0 aliphatic rings. The molecule has 1 N–H and O–H groups in total. The number of ether oxygens (including phenoxy) is 1. The SMILES string of the molecule is C=CCN=c1scc(-c2ccccc2Br)n1N=Cc1cc(OC)ccc1O. The van der Waals surface area contributed by atoms with E-state index in [9.17, 15) is 5.11 Å². The molecule has 27 heavy (non-hydrogen) atoms. The number of nitrogens with zero attached hydrogens (tertiary/aromatic N) is 3. The summed E-state index contributed by atoms with van der Waals surface area (Å²) in [6, 6.07) is 12.9. The van der Waals surface area contributed by atoms with Gasteiger partial charge in [0.1, 0.15) is 11.5 Å². The van der Waals surface area contributed by atoms with Crippen LogP contribution >= 0.6 is 27.3 Å². The third-order valence-corrected chi connectivity index (χ3v) is 5.28. The first kappa shape index (κ1) is 19.1. The lowest BCUT2D eigenvalue weighted by Gasteiger charge is -2.06. The number of phenols is 1. The van der Waals surface area contributed by atoms with Gasteiger partial charge in [-0.15, -0.1) is 17.9 Å². The first-order chi connectivity index (χ1) is 13.1. The van der Waals surface area contributed by atoms with Crippen LogP contribution in [0, 0.1) is 0 Å². The maximum Gasteiger partial charge on any atom is 0.206 e. The van der Waals surface area contributed by atoms with Gasteiger partial charge in [-0.05, 0) is 24.3 Å². The van der Waals surface area contributed by atoms with Crippen molar-refractivity contribution in [1.82, 2.24) is 4.68 Å². The molecule has 1 aromatic heterocycles. The molecule has 0 fully saturated rings. The first-order valence-electron chi connectivity index (χ1n) is 8.12. The Morgan fingerprint density at radius 3 is 2.85 bits per heavy atom. The van der Waals surface area contributed by atoms with Gasteiger partial charge in [-0.3, -0.25) is 4.99 Å². The molecule has 0 bridgehead atoms. The highest BCUT2D eigenvalue weighted by Gasteiger charge is 2.10. The van der Waals surface area contributed by atoms with E-state index >= 15 is 0 Å². The van der Waals surface area contributed by atoms with Crippen molar-refractivity contribution in [3.63, 3.8) is 0 Å². The molecule has 7 heteroatoms. The molecule has 0 spiro atoms. The molecule has 0 saturated carbocycles. The average Bonchev–Trinajstić information content (AvgIpc) is 3.08. The van der Waals surface area contributed by atoms with Crippen LogP contribution in [0.2, 0.25) is 0 Å². The van der Waals surface area contributed by atoms with E-state index in [0.717, 1.165) is 20.5 Å². The molecule has 3 aromatic rings. The Bertz CT molecular complexity index is 1050. The smallest absolute Gasteiger partial charge is 0.206 e. The van der Waals surface area contributed by atoms with E-state index in [2.05, 4.69) is 32.6 Å². The molecule has 0 amide bonds. The summed E-state index contributed by atoms with van der Waals surface area (Å²) < 4.78 is 7.94. The number of aromatic nitrogens is 1. The normalized spacial score (nSPS) is 11.9. The molecule has 2 aromatic carbocycles. The summed E-state index contributed by atoms with van der Waals surface area (Å²) in [5, 5.41) is 16.7. The van der Waals surface area contributed by atoms with E-state index in [1.807, 2.05) is 29.6 Å². The van der Waals surface area contributed by atoms with Crippen molar-refractivity contribution in [3.8, 4) is 22.8 Å². The summed E-state index contributed by atoms with van der Waals surface area (Å²) in [7, 11) is 1.58. The minimum Gasteiger partial charge on any atom is -0.507 e. The van der Waals surface area contributed by atoms with Crippen LogP contribution in [0.3, 0.4) is 0 Å². The van der Waals surface area contributed by atoms with Crippen LogP contribution in [0.1, 0.15) is 5.56 Å². The van der Waals surface area contributed by atoms with Gasteiger partial charge in [0, 0.05) is 21.0 Å². The number of methoxy groups -OCH3 is 1. The Balaban J connectivity index is 2.12. The van der Waals surface area contributed by atoms with Gasteiger partial charge >= 0.3 is 0 Å². The van der Waals surface area contributed by atoms with E-state index < -0.39 is 0 Å². The van der Waals surface area contributed by atoms with Crippen molar-refractivity contribution in [1.29, 1.82) is 0 Å². The van der Waals surface area contributed by atoms with Gasteiger partial charge in [0.05, 0.1) is 25.6 Å². The van der Waals surface area contributed by atoms with Gasteiger partial charge in [-0.2, -0.15) is 5.10 Å². The lowest BCUT2D eigenvalue weighted by atomic mass is 10.2. The zero-order valence-corrected chi connectivity index (χ0v) is 17.1. The highest BCUT2D eigenvalue weighted by Crippen LogP contribution is 2.28. The minimum atomic E-state index is 0.127. The predicted octanol–water partition coefficient (Wildman–Crippen LogP) is 4.66. The number of hydrogen-bond acceptors (Lipinski definition) is 5. The van der Waals surface area contributed by atoms with Crippen molar-refractivity contribution in [2.24, 2.45) is 10.1 Å². The zero-order valence-electron chi connectivity index (χ0n) is 14.7. The second-order valence-corrected chi connectivity index (χ2v) is 7.18. The average molecular weight is 444 g/mol. The maximum atomic E-state index is 10.1. The van der Waals surface area contributed by atoms with Gasteiger partial charge in [0.2, 0.25) is 4.80 Å². The Hall–Kier alpha value is -2.64. The topological polar surface area (TPSA) is 59.1 Å². The Morgan fingerprint density at radius 2 is 2.11 bits per heavy atom. The molecular weight excluding hydrogens is 426 g/mol. The number of phenolic OH excluding ortho intramolecular Hbond substituents is 1. The molecule has 0 saturated heterocycles. The van der Waals surface area contributed by atoms with Crippen molar-refractivity contribution >= 4 is 33.5 Å². The molecular formula is C20H18BrN3O2S. The fraction of sp³-hybridized carbons (Fsp3) is 0.100. The van der Waals surface area contributed by atoms with Gasteiger partial charge < -0.3 is 9.84 Å². The fourth-order valence-electron chi connectivity index (χ4n) is 2.40. The van der Waals surface area contributed by atoms with Crippen LogP contribution in [0.15, 0.2) is 75.1 Å². The van der Waals surface area contributed by atoms with Crippen LogP contribution in [0.4, 0.5) is 0 Å². The van der Waals surface area contributed by atoms with Crippen LogP contribution in [-0.2, 0) is 0 Å². The summed E-state index contributed by atoms with van der Waals surface area (Å²) >= 11 is 5.09. The van der Waals surface area contributed by atoms with E-state index in [-0.39, 0.29) is 5.75 Å². The van der Waals surface area contributed by atoms with Crippen LogP contribution in [0.5, 0.6) is 11.5 Å². The van der Waals surface area contributed by atoms with E-state index in [1.54, 1.807) is 42.3 Å². The first-order valence-corrected chi connectivity index (χ1v) is 9.79. The van der Waals surface area contributed by atoms with Crippen molar-refractivity contribution < 1.29 is 9.84 Å². The summed E-state index contributed by atoms with van der Waals surface area (Å²) in [6.07, 6.45) is 3.33. The largest absolute Gasteiger partial charge is 0.507 e. The van der Waals surface area contributed by atoms with Crippen LogP contribution in [0.25, 0.3) is 11.3 Å². The number of hydrogen-bond donors (Lipinski definition) is 1. The van der Waals surface area contributed by atoms with E-state index in [4.69, 9.17) is 4.74 Å². The molecule has 1 heterocycles. The molecule has 0 radical (unpaired) electrons. The quantitative estimate of drug-likeness (QED) is 0.444. The van der Waals surface area contributed by atoms with Crippen LogP contribution in [-0.4, -0.2) is 29.7 Å². The molecule has 0 unspecified atom stereocenters. The van der Waals surface area contributed by atoms with Gasteiger partial charge in [0.15, 0.2) is 0 Å². The number of rotatable bonds is 6. The standard InChI is InChI=1S/C20H18BrN3O2S/c1-3-10-22-20-24(18(13-27-20)16-6-4-5-7-17(16)21)23-12-14-11-15(26-2)8-9-19(14)25/h3-9,11-13,25H,1,10H2,2H3. The van der Waals surface area contributed by atoms with Gasteiger partial charge in [-0.1, -0.05) is 40.2 Å². The second kappa shape index (κ2) is 8.83. The van der Waals surface area contributed by atoms with Gasteiger partial charge in [0.25, 0.3) is 0 Å². The fourth-order valence-corrected chi connectivity index (χ4v) is 3.73. The molecule has 3 rings (SSSR count). The van der Waals surface area contributed by atoms with Gasteiger partial charge in [-0.25, -0.2) is 4.68 Å². The third kappa shape index (κ3) is 4.37. The Morgan fingerprint density at radius 1 is 1.30 bits per heavy atom. The lowest BCUT2D eigenvalue weighted by molar-refractivity contribution is 0.412. The number of benzene rings is 2. The Kier molecular flexibility index (Phi) is 6.26. The van der Waals surface area contributed by atoms with E-state index in [0.29, 0.717) is 17.9 Å². The summed E-state index contributed by atoms with van der Waals surface area (Å²) in [4.78, 5) is 5.25. The molecule has 5 nitrogen and oxygen atoms in total. The minimum absolute atomic E-state index is 0.127. The zero-order chi connectivity index (χ0) is 19.2. The lowest BCUT2D eigenvalue weighted by Crippen LogP contribution is -2.12. The number of aromatic hydroxyl groups is 1. The van der Waals surface area contributed by atoms with Crippen molar-refractivity contribution in [2.45, 2.75) is 0 Å².